The van der Waals surface area contributed by atoms with Gasteiger partial charge < -0.3 is 4.90 Å². The predicted molar refractivity (Wildman–Crippen MR) is 45.6 cm³/mol. The zero-order chi connectivity index (χ0) is 9.90. The van der Waals surface area contributed by atoms with E-state index in [0.29, 0.717) is 6.04 Å². The lowest BCUT2D eigenvalue weighted by molar-refractivity contribution is -0.139. The molecule has 78 valence electrons. The van der Waals surface area contributed by atoms with Gasteiger partial charge in [0.25, 0.3) is 0 Å². The highest BCUT2D eigenvalue weighted by molar-refractivity contribution is 4.79. The lowest BCUT2D eigenvalue weighted by Gasteiger charge is -2.37. The van der Waals surface area contributed by atoms with Crippen molar-refractivity contribution in [3.8, 4) is 0 Å². The van der Waals surface area contributed by atoms with Crippen LogP contribution in [0.15, 0.2) is 0 Å². The average Bonchev–Trinajstić information content (AvgIpc) is 1.91. The Hall–Kier alpha value is -0.250. The van der Waals surface area contributed by atoms with Gasteiger partial charge in [0.05, 0.1) is 6.42 Å². The van der Waals surface area contributed by atoms with Gasteiger partial charge in [0.2, 0.25) is 0 Å². The molecule has 0 saturated heterocycles. The van der Waals surface area contributed by atoms with E-state index in [4.69, 9.17) is 0 Å². The minimum atomic E-state index is -4.00. The van der Waals surface area contributed by atoms with E-state index in [9.17, 15) is 13.2 Å². The molecule has 0 aromatic rings. The minimum Gasteiger partial charge on any atom is -0.300 e. The summed E-state index contributed by atoms with van der Waals surface area (Å²) in [7, 11) is 0. The molecular formula is C9H16F3N. The minimum absolute atomic E-state index is 0.171. The van der Waals surface area contributed by atoms with Crippen molar-refractivity contribution in [3.05, 3.63) is 0 Å². The summed E-state index contributed by atoms with van der Waals surface area (Å²) < 4.78 is 35.7. The molecule has 0 amide bonds. The second kappa shape index (κ2) is 4.31. The fourth-order valence-electron chi connectivity index (χ4n) is 1.62. The maximum atomic E-state index is 11.9. The van der Waals surface area contributed by atoms with Gasteiger partial charge >= 0.3 is 6.18 Å². The third-order valence-electron chi connectivity index (χ3n) is 2.68. The van der Waals surface area contributed by atoms with Gasteiger partial charge in [-0.2, -0.15) is 13.2 Å². The van der Waals surface area contributed by atoms with E-state index in [1.165, 1.54) is 6.42 Å². The zero-order valence-electron chi connectivity index (χ0n) is 7.90. The molecule has 1 aliphatic carbocycles. The molecule has 13 heavy (non-hydrogen) atoms. The summed E-state index contributed by atoms with van der Waals surface area (Å²) >= 11 is 0. The van der Waals surface area contributed by atoms with Crippen LogP contribution in [-0.4, -0.2) is 30.2 Å². The molecule has 0 bridgehead atoms. The Kier molecular flexibility index (Phi) is 3.59. The highest BCUT2D eigenvalue weighted by atomic mass is 19.4. The van der Waals surface area contributed by atoms with Gasteiger partial charge in [-0.15, -0.1) is 0 Å². The predicted octanol–water partition coefficient (Wildman–Crippen LogP) is 2.81. The van der Waals surface area contributed by atoms with E-state index < -0.39 is 12.6 Å². The Labute approximate surface area is 76.9 Å². The van der Waals surface area contributed by atoms with Crippen LogP contribution in [0.1, 0.15) is 32.6 Å². The normalized spacial score (nSPS) is 19.2. The Morgan fingerprint density at radius 1 is 1.31 bits per heavy atom. The molecule has 0 atom stereocenters. The molecule has 0 spiro atoms. The number of hydrogen-bond donors (Lipinski definition) is 0. The average molecular weight is 195 g/mol. The highest BCUT2D eigenvalue weighted by Crippen LogP contribution is 2.27. The lowest BCUT2D eigenvalue weighted by Crippen LogP contribution is -2.41. The maximum Gasteiger partial charge on any atom is 0.390 e. The number of hydrogen-bond acceptors (Lipinski definition) is 1. The van der Waals surface area contributed by atoms with Crippen LogP contribution in [-0.2, 0) is 0 Å². The third kappa shape index (κ3) is 3.55. The van der Waals surface area contributed by atoms with Crippen molar-refractivity contribution in [1.29, 1.82) is 0 Å². The lowest BCUT2D eigenvalue weighted by atomic mass is 9.91. The fraction of sp³-hybridized carbons (Fsp3) is 1.00. The van der Waals surface area contributed by atoms with Crippen LogP contribution in [0, 0.1) is 0 Å². The second-order valence-electron chi connectivity index (χ2n) is 3.58. The number of alkyl halides is 3. The summed E-state index contributed by atoms with van der Waals surface area (Å²) in [4.78, 5) is 1.94. The summed E-state index contributed by atoms with van der Waals surface area (Å²) in [5, 5.41) is 0. The van der Waals surface area contributed by atoms with Crippen LogP contribution >= 0.6 is 0 Å². The van der Waals surface area contributed by atoms with Crippen LogP contribution < -0.4 is 0 Å². The van der Waals surface area contributed by atoms with Crippen LogP contribution in [0.25, 0.3) is 0 Å². The quantitative estimate of drug-likeness (QED) is 0.666. The topological polar surface area (TPSA) is 3.24 Å². The van der Waals surface area contributed by atoms with Crippen LogP contribution in [0.2, 0.25) is 0 Å². The Morgan fingerprint density at radius 3 is 2.23 bits per heavy atom. The molecule has 0 N–H and O–H groups in total. The van der Waals surface area contributed by atoms with Crippen molar-refractivity contribution >= 4 is 0 Å². The summed E-state index contributed by atoms with van der Waals surface area (Å²) in [6.07, 6.45) is -1.35. The van der Waals surface area contributed by atoms with Crippen molar-refractivity contribution in [2.24, 2.45) is 0 Å². The zero-order valence-corrected chi connectivity index (χ0v) is 7.90. The number of rotatable bonds is 4. The molecule has 1 aliphatic rings. The first-order chi connectivity index (χ1) is 6.03. The summed E-state index contributed by atoms with van der Waals surface area (Å²) in [6, 6.07) is 0.423. The Bertz CT molecular complexity index is 151. The van der Waals surface area contributed by atoms with Crippen molar-refractivity contribution in [2.45, 2.75) is 44.8 Å². The first-order valence-electron chi connectivity index (χ1n) is 4.83. The smallest absolute Gasteiger partial charge is 0.300 e. The van der Waals surface area contributed by atoms with Gasteiger partial charge in [0.1, 0.15) is 0 Å². The van der Waals surface area contributed by atoms with Crippen LogP contribution in [0.3, 0.4) is 0 Å². The second-order valence-corrected chi connectivity index (χ2v) is 3.58. The van der Waals surface area contributed by atoms with Crippen molar-refractivity contribution in [1.82, 2.24) is 4.90 Å². The summed E-state index contributed by atoms with van der Waals surface area (Å²) in [5.41, 5.74) is 0. The molecule has 0 unspecified atom stereocenters. The van der Waals surface area contributed by atoms with E-state index >= 15 is 0 Å². The first-order valence-corrected chi connectivity index (χ1v) is 4.83. The molecule has 0 aliphatic heterocycles. The molecule has 0 aromatic carbocycles. The van der Waals surface area contributed by atoms with Gasteiger partial charge in [-0.25, -0.2) is 0 Å². The van der Waals surface area contributed by atoms with Gasteiger partial charge in [-0.3, -0.25) is 0 Å². The first kappa shape index (κ1) is 10.8. The van der Waals surface area contributed by atoms with Crippen molar-refractivity contribution in [2.75, 3.05) is 13.1 Å². The van der Waals surface area contributed by atoms with E-state index in [1.807, 2.05) is 11.8 Å². The molecule has 1 fully saturated rings. The van der Waals surface area contributed by atoms with E-state index in [-0.39, 0.29) is 6.54 Å². The molecule has 1 saturated carbocycles. The summed E-state index contributed by atoms with van der Waals surface area (Å²) in [6.45, 7) is 2.83. The molecule has 4 heteroatoms. The maximum absolute atomic E-state index is 11.9. The Balaban J connectivity index is 2.23. The molecular weight excluding hydrogens is 179 g/mol. The van der Waals surface area contributed by atoms with E-state index in [1.54, 1.807) is 0 Å². The van der Waals surface area contributed by atoms with Gasteiger partial charge in [0.15, 0.2) is 0 Å². The van der Waals surface area contributed by atoms with Crippen LogP contribution in [0.4, 0.5) is 13.2 Å². The molecule has 0 heterocycles. The molecule has 1 nitrogen and oxygen atoms in total. The van der Waals surface area contributed by atoms with Crippen molar-refractivity contribution < 1.29 is 13.2 Å². The largest absolute Gasteiger partial charge is 0.390 e. The van der Waals surface area contributed by atoms with Gasteiger partial charge in [-0.05, 0) is 19.4 Å². The fourth-order valence-corrected chi connectivity index (χ4v) is 1.62. The van der Waals surface area contributed by atoms with Gasteiger partial charge in [0, 0.05) is 12.6 Å². The number of nitrogens with zero attached hydrogens (tertiary/aromatic N) is 1. The third-order valence-corrected chi connectivity index (χ3v) is 2.68. The molecule has 0 radical (unpaired) electrons. The van der Waals surface area contributed by atoms with Crippen molar-refractivity contribution in [3.63, 3.8) is 0 Å². The SMILES string of the molecule is CCN(CCC(F)(F)F)C1CCC1. The highest BCUT2D eigenvalue weighted by Gasteiger charge is 2.30. The van der Waals surface area contributed by atoms with E-state index in [0.717, 1.165) is 19.4 Å². The van der Waals surface area contributed by atoms with E-state index in [2.05, 4.69) is 0 Å². The monoisotopic (exact) mass is 195 g/mol. The molecule has 0 aromatic heterocycles. The van der Waals surface area contributed by atoms with Gasteiger partial charge in [-0.1, -0.05) is 13.3 Å². The van der Waals surface area contributed by atoms with Crippen LogP contribution in [0.5, 0.6) is 0 Å². The summed E-state index contributed by atoms with van der Waals surface area (Å²) in [5.74, 6) is 0. The molecule has 1 rings (SSSR count). The Morgan fingerprint density at radius 2 is 1.92 bits per heavy atom. The standard InChI is InChI=1S/C9H16F3N/c1-2-13(8-4-3-5-8)7-6-9(10,11)12/h8H,2-7H2,1H3. The number of halogens is 3.